The molecule has 24 heavy (non-hydrogen) atoms. The fourth-order valence-electron chi connectivity index (χ4n) is 2.36. The Balaban J connectivity index is 2.29. The molecule has 1 aromatic carbocycles. The van der Waals surface area contributed by atoms with Gasteiger partial charge in [-0.3, -0.25) is 9.80 Å². The highest BCUT2D eigenvalue weighted by Crippen LogP contribution is 2.18. The molecule has 0 saturated carbocycles. The second kappa shape index (κ2) is 7.14. The summed E-state index contributed by atoms with van der Waals surface area (Å²) >= 11 is 0. The van der Waals surface area contributed by atoms with Crippen LogP contribution in [0.15, 0.2) is 34.6 Å². The van der Waals surface area contributed by atoms with Crippen molar-refractivity contribution in [2.45, 2.75) is 26.8 Å². The third-order valence-corrected chi connectivity index (χ3v) is 3.59. The Morgan fingerprint density at radius 3 is 2.54 bits per heavy atom. The Bertz CT molecular complexity index is 705. The highest BCUT2D eigenvalue weighted by Gasteiger charge is 2.23. The Morgan fingerprint density at radius 1 is 1.38 bits per heavy atom. The molecule has 0 fully saturated rings. The molecule has 0 aromatic heterocycles. The molecule has 0 saturated heterocycles. The van der Waals surface area contributed by atoms with Crippen molar-refractivity contribution >= 4 is 23.8 Å². The molecule has 1 aromatic rings. The summed E-state index contributed by atoms with van der Waals surface area (Å²) in [5.74, 6) is 5.98. The van der Waals surface area contributed by atoms with Gasteiger partial charge >= 0.3 is 0 Å². The summed E-state index contributed by atoms with van der Waals surface area (Å²) in [4.78, 5) is 26.7. The van der Waals surface area contributed by atoms with Crippen molar-refractivity contribution in [2.24, 2.45) is 16.6 Å². The topological polar surface area (TPSA) is 126 Å². The third-order valence-electron chi connectivity index (χ3n) is 3.59. The van der Waals surface area contributed by atoms with Crippen molar-refractivity contribution in [2.75, 3.05) is 11.9 Å². The number of hydrogen-bond donors (Lipinski definition) is 4. The molecule has 1 aliphatic rings. The molecule has 0 bridgehead atoms. The fourth-order valence-corrected chi connectivity index (χ4v) is 2.36. The van der Waals surface area contributed by atoms with Gasteiger partial charge in [0.25, 0.3) is 0 Å². The lowest BCUT2D eigenvalue weighted by Gasteiger charge is -2.29. The number of primary amides is 1. The van der Waals surface area contributed by atoms with Crippen molar-refractivity contribution in [1.82, 2.24) is 10.3 Å². The Morgan fingerprint density at radius 2 is 2.00 bits per heavy atom. The van der Waals surface area contributed by atoms with E-state index in [-0.39, 0.29) is 12.5 Å². The number of hydrazine groups is 1. The molecule has 128 valence electrons. The molecule has 2 rings (SSSR count). The first-order valence-electron chi connectivity index (χ1n) is 7.50. The summed E-state index contributed by atoms with van der Waals surface area (Å²) < 4.78 is 0. The predicted molar refractivity (Wildman–Crippen MR) is 92.7 cm³/mol. The van der Waals surface area contributed by atoms with E-state index in [4.69, 9.17) is 11.6 Å². The van der Waals surface area contributed by atoms with Crippen LogP contribution in [0.25, 0.3) is 0 Å². The molecule has 1 heterocycles. The highest BCUT2D eigenvalue weighted by atomic mass is 16.1. The van der Waals surface area contributed by atoms with Gasteiger partial charge in [-0.15, -0.1) is 0 Å². The average molecular weight is 330 g/mol. The van der Waals surface area contributed by atoms with Gasteiger partial charge in [0.15, 0.2) is 0 Å². The van der Waals surface area contributed by atoms with E-state index in [0.29, 0.717) is 17.7 Å². The van der Waals surface area contributed by atoms with Crippen LogP contribution in [0.4, 0.5) is 5.69 Å². The van der Waals surface area contributed by atoms with Crippen molar-refractivity contribution in [3.8, 4) is 0 Å². The van der Waals surface area contributed by atoms with Crippen LogP contribution in [0.5, 0.6) is 0 Å². The highest BCUT2D eigenvalue weighted by molar-refractivity contribution is 5.97. The van der Waals surface area contributed by atoms with Crippen LogP contribution < -0.4 is 22.2 Å². The minimum absolute atomic E-state index is 0.0735. The summed E-state index contributed by atoms with van der Waals surface area (Å²) in [5.41, 5.74) is 8.71. The lowest BCUT2D eigenvalue weighted by molar-refractivity contribution is -0.114. The van der Waals surface area contributed by atoms with Gasteiger partial charge < -0.3 is 21.2 Å². The Labute approximate surface area is 140 Å². The van der Waals surface area contributed by atoms with Gasteiger partial charge in [0.2, 0.25) is 11.9 Å². The fraction of sp³-hybridized carbons (Fsp3) is 0.312. The minimum atomic E-state index is -0.579. The monoisotopic (exact) mass is 330 g/mol. The van der Waals surface area contributed by atoms with Gasteiger partial charge in [0.05, 0.1) is 12.1 Å². The molecule has 8 heteroatoms. The van der Waals surface area contributed by atoms with Crippen LogP contribution in [0.2, 0.25) is 0 Å². The van der Waals surface area contributed by atoms with Crippen LogP contribution in [0, 0.1) is 13.8 Å². The molecular weight excluding hydrogens is 308 g/mol. The van der Waals surface area contributed by atoms with E-state index in [1.807, 2.05) is 32.0 Å². The number of aliphatic imine (C=N–C) groups is 1. The molecular formula is C16H22N6O2. The summed E-state index contributed by atoms with van der Waals surface area (Å²) in [6.45, 7) is 5.68. The number of benzene rings is 1. The maximum atomic E-state index is 11.7. The van der Waals surface area contributed by atoms with Gasteiger partial charge in [-0.05, 0) is 44.0 Å². The smallest absolute Gasteiger partial charge is 0.250 e. The van der Waals surface area contributed by atoms with Crippen LogP contribution in [-0.4, -0.2) is 35.7 Å². The molecule has 1 amide bonds. The molecule has 0 radical (unpaired) electrons. The number of carbonyl (C=O) groups is 2. The summed E-state index contributed by atoms with van der Waals surface area (Å²) in [5, 5.41) is 7.30. The van der Waals surface area contributed by atoms with E-state index < -0.39 is 11.9 Å². The van der Waals surface area contributed by atoms with E-state index in [1.165, 1.54) is 5.01 Å². The van der Waals surface area contributed by atoms with Crippen molar-refractivity contribution in [3.63, 3.8) is 0 Å². The van der Waals surface area contributed by atoms with E-state index in [0.717, 1.165) is 16.8 Å². The third kappa shape index (κ3) is 3.90. The van der Waals surface area contributed by atoms with E-state index in [9.17, 15) is 9.59 Å². The first kappa shape index (κ1) is 17.5. The van der Waals surface area contributed by atoms with Crippen LogP contribution in [0.1, 0.15) is 18.1 Å². The van der Waals surface area contributed by atoms with Gasteiger partial charge in [-0.25, -0.2) is 10.8 Å². The van der Waals surface area contributed by atoms with E-state index in [2.05, 4.69) is 15.6 Å². The number of rotatable bonds is 5. The largest absolute Gasteiger partial charge is 0.366 e. The van der Waals surface area contributed by atoms with Crippen LogP contribution >= 0.6 is 0 Å². The number of hydrogen-bond acceptors (Lipinski definition) is 7. The number of nitrogens with two attached hydrogens (primary N) is 2. The van der Waals surface area contributed by atoms with Crippen LogP contribution in [-0.2, 0) is 9.59 Å². The number of nitrogens with zero attached hydrogens (tertiary/aromatic N) is 2. The number of amides is 1. The Hall–Kier alpha value is -2.87. The van der Waals surface area contributed by atoms with Gasteiger partial charge in [0.1, 0.15) is 18.1 Å². The minimum Gasteiger partial charge on any atom is -0.366 e. The average Bonchev–Trinajstić information content (AvgIpc) is 2.52. The van der Waals surface area contributed by atoms with Crippen molar-refractivity contribution < 1.29 is 9.59 Å². The van der Waals surface area contributed by atoms with Gasteiger partial charge in [-0.1, -0.05) is 6.07 Å². The number of aryl methyl sites for hydroxylation is 2. The van der Waals surface area contributed by atoms with Crippen LogP contribution in [0.3, 0.4) is 0 Å². The normalized spacial score (nSPS) is 15.2. The molecule has 6 N–H and O–H groups in total. The first-order chi connectivity index (χ1) is 11.3. The lowest BCUT2D eigenvalue weighted by Crippen LogP contribution is -2.53. The number of guanidine groups is 1. The molecule has 0 aliphatic carbocycles. The van der Waals surface area contributed by atoms with Crippen molar-refractivity contribution in [1.29, 1.82) is 0 Å². The summed E-state index contributed by atoms with van der Waals surface area (Å²) in [7, 11) is 0. The van der Waals surface area contributed by atoms with Gasteiger partial charge in [-0.2, -0.15) is 0 Å². The molecule has 0 spiro atoms. The first-order valence-corrected chi connectivity index (χ1v) is 7.50. The molecule has 1 aliphatic heterocycles. The predicted octanol–water partition coefficient (Wildman–Crippen LogP) is 0.135. The molecule has 8 nitrogen and oxygen atoms in total. The summed E-state index contributed by atoms with van der Waals surface area (Å²) in [6, 6.07) is 5.37. The second-order valence-corrected chi connectivity index (χ2v) is 5.77. The van der Waals surface area contributed by atoms with E-state index in [1.54, 1.807) is 6.92 Å². The Kier molecular flexibility index (Phi) is 5.20. The zero-order valence-electron chi connectivity index (χ0n) is 14.0. The summed E-state index contributed by atoms with van der Waals surface area (Å²) in [6.07, 6.45) is 0.703. The molecule has 1 atom stereocenters. The maximum Gasteiger partial charge on any atom is 0.250 e. The lowest BCUT2D eigenvalue weighted by atomic mass is 10.1. The van der Waals surface area contributed by atoms with Gasteiger partial charge in [0, 0.05) is 5.69 Å². The zero-order chi connectivity index (χ0) is 17.9. The quantitative estimate of drug-likeness (QED) is 0.345. The number of anilines is 1. The number of aldehydes is 1. The van der Waals surface area contributed by atoms with E-state index >= 15 is 0 Å². The standard InChI is InChI=1S/C16H22N6O2/c1-9-4-10(2)6-12(5-9)20-15-13(14(17)24)7-19-16(21-15)22(18)11(3)8-23/h4-6,8,11,20H,7,18H2,1-3H3,(H2,17,24)(H,19,21)/t11-/m1/s1. The maximum absolute atomic E-state index is 11.7. The molecule has 0 unspecified atom stereocenters. The second-order valence-electron chi connectivity index (χ2n) is 5.77. The number of carbonyl (C=O) groups excluding carboxylic acids is 2. The SMILES string of the molecule is Cc1cc(C)cc(NC2=C(C(N)=O)CN=C(N(N)[C@H](C)C=O)N2)c1. The number of nitrogens with one attached hydrogen (secondary N) is 2. The zero-order valence-corrected chi connectivity index (χ0v) is 14.0. The van der Waals surface area contributed by atoms with Crippen molar-refractivity contribution in [3.05, 3.63) is 40.7 Å².